The molecule has 1 N–H and O–H groups in total. The van der Waals surface area contributed by atoms with Crippen LogP contribution in [0, 0.1) is 0 Å². The maximum Gasteiger partial charge on any atom is 0.422 e. The molecule has 1 saturated carbocycles. The average molecular weight is 204 g/mol. The fourth-order valence-corrected chi connectivity index (χ4v) is 2.34. The molecule has 2 aliphatic rings. The molecule has 0 aromatic carbocycles. The van der Waals surface area contributed by atoms with Crippen molar-refractivity contribution in [2.24, 2.45) is 0 Å². The number of rotatable bonds is 3. The van der Waals surface area contributed by atoms with Crippen molar-refractivity contribution in [1.29, 1.82) is 0 Å². The third-order valence-electron chi connectivity index (χ3n) is 2.30. The van der Waals surface area contributed by atoms with Crippen LogP contribution in [-0.2, 0) is 15.9 Å². The Balaban J connectivity index is 1.84. The van der Waals surface area contributed by atoms with E-state index < -0.39 is 17.3 Å². The van der Waals surface area contributed by atoms with E-state index >= 15 is 0 Å². The number of cyclic esters (lactones) is 1. The zero-order valence-corrected chi connectivity index (χ0v) is 8.01. The van der Waals surface area contributed by atoms with Crippen LogP contribution in [0.2, 0.25) is 0 Å². The van der Waals surface area contributed by atoms with Gasteiger partial charge in [0, 0.05) is 6.04 Å². The summed E-state index contributed by atoms with van der Waals surface area (Å²) in [5.74, 6) is 0. The molecule has 0 radical (unpaired) electrons. The molecule has 13 heavy (non-hydrogen) atoms. The summed E-state index contributed by atoms with van der Waals surface area (Å²) in [5, 5.41) is 0. The van der Waals surface area contributed by atoms with Gasteiger partial charge in [-0.3, -0.25) is 0 Å². The zero-order valence-electron chi connectivity index (χ0n) is 7.19. The Morgan fingerprint density at radius 2 is 2.31 bits per heavy atom. The van der Waals surface area contributed by atoms with Crippen LogP contribution in [0.15, 0.2) is 0 Å². The minimum absolute atomic E-state index is 0.314. The molecule has 6 heteroatoms. The van der Waals surface area contributed by atoms with Gasteiger partial charge in [-0.25, -0.2) is 18.0 Å². The van der Waals surface area contributed by atoms with Crippen LogP contribution in [0.25, 0.3) is 0 Å². The average Bonchev–Trinajstić information content (AvgIpc) is 2.43. The quantitative estimate of drug-likeness (QED) is 0.712. The van der Waals surface area contributed by atoms with Crippen LogP contribution < -0.4 is 4.72 Å². The second kappa shape index (κ2) is 3.63. The van der Waals surface area contributed by atoms with Crippen molar-refractivity contribution in [2.75, 3.05) is 13.2 Å². The summed E-state index contributed by atoms with van der Waals surface area (Å²) < 4.78 is 20.3. The lowest BCUT2D eigenvalue weighted by atomic mass is 9.94. The van der Waals surface area contributed by atoms with Crippen molar-refractivity contribution in [3.8, 4) is 0 Å². The van der Waals surface area contributed by atoms with E-state index in [4.69, 9.17) is 0 Å². The lowest BCUT2D eigenvalue weighted by Crippen LogP contribution is -2.43. The molecule has 0 aromatic rings. The van der Waals surface area contributed by atoms with Gasteiger partial charge in [-0.1, -0.05) is 6.42 Å². The lowest BCUT2D eigenvalue weighted by Gasteiger charge is -2.26. The van der Waals surface area contributed by atoms with E-state index in [1.54, 1.807) is 0 Å². The number of hydrogen-bond acceptors (Lipinski definition) is 3. The first-order valence-corrected chi connectivity index (χ1v) is 5.50. The Morgan fingerprint density at radius 3 is 2.77 bits per heavy atom. The smallest absolute Gasteiger partial charge is 0.422 e. The summed E-state index contributed by atoms with van der Waals surface area (Å²) in [6, 6.07) is 0.314. The Bertz CT molecular complexity index is 242. The van der Waals surface area contributed by atoms with Crippen LogP contribution >= 0.6 is 0 Å². The van der Waals surface area contributed by atoms with Gasteiger partial charge in [0.1, 0.15) is 6.61 Å². The largest absolute Gasteiger partial charge is 0.447 e. The van der Waals surface area contributed by atoms with Crippen LogP contribution in [-0.4, -0.2) is 33.8 Å². The molecule has 0 spiro atoms. The number of carbonyl (C=O) groups excluding carboxylic acids is 1. The molecule has 1 saturated heterocycles. The second-order valence-corrected chi connectivity index (χ2v) is 4.39. The van der Waals surface area contributed by atoms with Crippen molar-refractivity contribution in [3.63, 3.8) is 0 Å². The summed E-state index contributed by atoms with van der Waals surface area (Å²) in [4.78, 5) is 11.0. The monoisotopic (exact) mass is 204 g/mol. The highest BCUT2D eigenvalue weighted by Crippen LogP contribution is 2.19. The minimum Gasteiger partial charge on any atom is -0.447 e. The number of nitrogens with one attached hydrogen (secondary N) is 1. The van der Waals surface area contributed by atoms with Gasteiger partial charge in [0.25, 0.3) is 0 Å². The highest BCUT2D eigenvalue weighted by Gasteiger charge is 2.30. The molecular weight excluding hydrogens is 192 g/mol. The maximum atomic E-state index is 11.5. The van der Waals surface area contributed by atoms with Crippen molar-refractivity contribution in [1.82, 2.24) is 9.03 Å². The molecule has 1 aliphatic carbocycles. The van der Waals surface area contributed by atoms with Gasteiger partial charge in [0.2, 0.25) is 11.2 Å². The van der Waals surface area contributed by atoms with Crippen LogP contribution in [0.3, 0.4) is 0 Å². The van der Waals surface area contributed by atoms with Crippen molar-refractivity contribution >= 4 is 17.3 Å². The Morgan fingerprint density at radius 1 is 1.54 bits per heavy atom. The lowest BCUT2D eigenvalue weighted by molar-refractivity contribution is 0.170. The molecule has 0 bridgehead atoms. The number of hydrogen-bond donors (Lipinski definition) is 1. The van der Waals surface area contributed by atoms with Crippen LogP contribution in [0.1, 0.15) is 19.3 Å². The Hall–Kier alpha value is -0.620. The van der Waals surface area contributed by atoms with Crippen molar-refractivity contribution in [3.05, 3.63) is 0 Å². The fraction of sp³-hybridized carbons (Fsp3) is 0.857. The molecule has 1 atom stereocenters. The first-order valence-electron chi connectivity index (χ1n) is 4.40. The highest BCUT2D eigenvalue weighted by atomic mass is 32.2. The summed E-state index contributed by atoms with van der Waals surface area (Å²) in [6.45, 7) is 0.766. The van der Waals surface area contributed by atoms with Gasteiger partial charge in [0.05, 0.1) is 6.54 Å². The fourth-order valence-electron chi connectivity index (χ4n) is 1.26. The molecule has 2 rings (SSSR count). The molecule has 74 valence electrons. The highest BCUT2D eigenvalue weighted by molar-refractivity contribution is 7.81. The summed E-state index contributed by atoms with van der Waals surface area (Å²) >= 11 is -1.40. The molecule has 2 fully saturated rings. The normalized spacial score (nSPS) is 25.5. The van der Waals surface area contributed by atoms with E-state index in [2.05, 4.69) is 9.46 Å². The molecular formula is C7H12N2O3S. The maximum absolute atomic E-state index is 11.5. The first kappa shape index (κ1) is 8.96. The van der Waals surface area contributed by atoms with Gasteiger partial charge in [-0.2, -0.15) is 0 Å². The molecule has 1 unspecified atom stereocenters. The first-order chi connectivity index (χ1) is 6.27. The van der Waals surface area contributed by atoms with Crippen LogP contribution in [0.5, 0.6) is 0 Å². The van der Waals surface area contributed by atoms with Crippen LogP contribution in [0.4, 0.5) is 4.79 Å². The second-order valence-electron chi connectivity index (χ2n) is 3.21. The Kier molecular flexibility index (Phi) is 2.50. The third kappa shape index (κ3) is 1.83. The number of amides is 1. The van der Waals surface area contributed by atoms with E-state index in [0.29, 0.717) is 19.2 Å². The van der Waals surface area contributed by atoms with Gasteiger partial charge in [0.15, 0.2) is 0 Å². The number of ether oxygens (including phenoxy) is 1. The van der Waals surface area contributed by atoms with E-state index in [0.717, 1.165) is 12.8 Å². The van der Waals surface area contributed by atoms with Gasteiger partial charge in [-0.05, 0) is 12.8 Å². The van der Waals surface area contributed by atoms with E-state index in [1.165, 1.54) is 10.7 Å². The Labute approximate surface area is 79.1 Å². The van der Waals surface area contributed by atoms with E-state index in [-0.39, 0.29) is 0 Å². The summed E-state index contributed by atoms with van der Waals surface area (Å²) in [5.41, 5.74) is 0. The summed E-state index contributed by atoms with van der Waals surface area (Å²) in [7, 11) is 0. The molecule has 5 nitrogen and oxygen atoms in total. The number of carbonyl (C=O) groups is 1. The zero-order chi connectivity index (χ0) is 9.26. The molecule has 1 aliphatic heterocycles. The van der Waals surface area contributed by atoms with Crippen molar-refractivity contribution in [2.45, 2.75) is 25.3 Å². The third-order valence-corrected chi connectivity index (χ3v) is 3.56. The number of nitrogens with zero attached hydrogens (tertiary/aromatic N) is 1. The van der Waals surface area contributed by atoms with E-state index in [1.807, 2.05) is 0 Å². The minimum atomic E-state index is -1.40. The van der Waals surface area contributed by atoms with Gasteiger partial charge in [-0.15, -0.1) is 0 Å². The standard InChI is InChI=1S/C7H12N2O3S/c10-7-9(4-5-12-7)13(11)8-6-2-1-3-6/h6,8H,1-5H2. The molecule has 1 amide bonds. The predicted octanol–water partition coefficient (Wildman–Crippen LogP) is 0.159. The molecule has 1 heterocycles. The molecule has 0 aromatic heterocycles. The van der Waals surface area contributed by atoms with Crippen molar-refractivity contribution < 1.29 is 13.7 Å². The van der Waals surface area contributed by atoms with Gasteiger partial charge < -0.3 is 4.74 Å². The van der Waals surface area contributed by atoms with E-state index in [9.17, 15) is 9.00 Å². The SMILES string of the molecule is O=C1OCCN1S(=O)NC1CCC1. The predicted molar refractivity (Wildman–Crippen MR) is 47.0 cm³/mol. The topological polar surface area (TPSA) is 58.6 Å². The summed E-state index contributed by atoms with van der Waals surface area (Å²) in [6.07, 6.45) is 2.80. The van der Waals surface area contributed by atoms with Gasteiger partial charge >= 0.3 is 6.09 Å².